The molecule has 3 N–H and O–H groups in total. The summed E-state index contributed by atoms with van der Waals surface area (Å²) in [7, 11) is 0. The maximum Gasteiger partial charge on any atom is 0.306 e. The maximum atomic E-state index is 12.2. The molecule has 0 bridgehead atoms. The molecule has 0 amide bonds. The first-order valence-corrected chi connectivity index (χ1v) is 13.9. The summed E-state index contributed by atoms with van der Waals surface area (Å²) in [6.45, 7) is 16.5. The second-order valence-electron chi connectivity index (χ2n) is 14.7. The summed E-state index contributed by atoms with van der Waals surface area (Å²) >= 11 is 0. The molecule has 0 heterocycles. The van der Waals surface area contributed by atoms with Crippen LogP contribution in [0.2, 0.25) is 0 Å². The van der Waals surface area contributed by atoms with Gasteiger partial charge in [0.05, 0.1) is 18.1 Å². The van der Waals surface area contributed by atoms with Crippen molar-refractivity contribution < 1.29 is 20.1 Å². The van der Waals surface area contributed by atoms with E-state index >= 15 is 0 Å². The van der Waals surface area contributed by atoms with Crippen LogP contribution in [0.4, 0.5) is 0 Å². The van der Waals surface area contributed by atoms with Gasteiger partial charge in [0.1, 0.15) is 0 Å². The number of carboxylic acids is 1. The van der Waals surface area contributed by atoms with Crippen molar-refractivity contribution in [3.8, 4) is 0 Å². The zero-order chi connectivity index (χ0) is 25.1. The van der Waals surface area contributed by atoms with Gasteiger partial charge in [0.2, 0.25) is 0 Å². The average molecular weight is 473 g/mol. The molecule has 0 aromatic heterocycles. The van der Waals surface area contributed by atoms with Gasteiger partial charge in [0.15, 0.2) is 0 Å². The molecule has 4 heteroatoms. The van der Waals surface area contributed by atoms with Crippen molar-refractivity contribution in [1.29, 1.82) is 0 Å². The summed E-state index contributed by atoms with van der Waals surface area (Å²) in [5, 5.41) is 32.1. The van der Waals surface area contributed by atoms with Gasteiger partial charge in [-0.2, -0.15) is 0 Å². The van der Waals surface area contributed by atoms with E-state index < -0.39 is 18.0 Å². The minimum Gasteiger partial charge on any atom is -0.481 e. The molecule has 0 saturated heterocycles. The molecule has 0 unspecified atom stereocenters. The molecule has 192 valence electrons. The van der Waals surface area contributed by atoms with Crippen LogP contribution in [0.15, 0.2) is 11.6 Å². The molecule has 4 saturated carbocycles. The van der Waals surface area contributed by atoms with Crippen LogP contribution in [0, 0.1) is 56.7 Å². The van der Waals surface area contributed by atoms with Gasteiger partial charge in [-0.05, 0) is 96.7 Å². The predicted molar refractivity (Wildman–Crippen MR) is 134 cm³/mol. The number of fused-ring (bicyclic) bond motifs is 7. The molecule has 0 aromatic rings. The van der Waals surface area contributed by atoms with Crippen LogP contribution >= 0.6 is 0 Å². The Bertz CT molecular complexity index is 907. The number of hydrogen-bond donors (Lipinski definition) is 3. The van der Waals surface area contributed by atoms with E-state index in [0.717, 1.165) is 38.5 Å². The summed E-state index contributed by atoms with van der Waals surface area (Å²) in [6, 6.07) is 0. The Morgan fingerprint density at radius 1 is 0.882 bits per heavy atom. The number of aliphatic hydroxyl groups excluding tert-OH is 2. The summed E-state index contributed by atoms with van der Waals surface area (Å²) < 4.78 is 0. The Hall–Kier alpha value is -0.870. The second-order valence-corrected chi connectivity index (χ2v) is 14.7. The topological polar surface area (TPSA) is 77.8 Å². The largest absolute Gasteiger partial charge is 0.481 e. The number of rotatable bonds is 1. The van der Waals surface area contributed by atoms with Gasteiger partial charge in [-0.3, -0.25) is 4.79 Å². The minimum absolute atomic E-state index is 0.0304. The maximum absolute atomic E-state index is 12.2. The van der Waals surface area contributed by atoms with Gasteiger partial charge >= 0.3 is 5.97 Å². The average Bonchev–Trinajstić information content (AvgIpc) is 2.74. The summed E-state index contributed by atoms with van der Waals surface area (Å²) in [5.74, 6) is 0.0357. The Labute approximate surface area is 206 Å². The van der Waals surface area contributed by atoms with Crippen molar-refractivity contribution in [2.24, 2.45) is 56.7 Å². The molecular weight excluding hydrogens is 424 g/mol. The number of aliphatic carboxylic acids is 1. The van der Waals surface area contributed by atoms with E-state index in [9.17, 15) is 20.1 Å². The molecule has 0 aliphatic heterocycles. The van der Waals surface area contributed by atoms with E-state index in [1.165, 1.54) is 12.0 Å². The first-order chi connectivity index (χ1) is 15.6. The van der Waals surface area contributed by atoms with Crippen molar-refractivity contribution >= 4 is 5.97 Å². The van der Waals surface area contributed by atoms with Gasteiger partial charge in [0.25, 0.3) is 0 Å². The van der Waals surface area contributed by atoms with Crippen LogP contribution in [0.25, 0.3) is 0 Å². The Balaban J connectivity index is 1.60. The normalized spacial score (nSPS) is 56.3. The van der Waals surface area contributed by atoms with Crippen LogP contribution in [-0.2, 0) is 4.79 Å². The van der Waals surface area contributed by atoms with Gasteiger partial charge in [-0.25, -0.2) is 0 Å². The van der Waals surface area contributed by atoms with Crippen molar-refractivity contribution in [2.75, 3.05) is 0 Å². The molecule has 5 rings (SSSR count). The van der Waals surface area contributed by atoms with Crippen molar-refractivity contribution in [1.82, 2.24) is 0 Å². The highest BCUT2D eigenvalue weighted by atomic mass is 16.4. The third-order valence-corrected chi connectivity index (χ3v) is 13.4. The summed E-state index contributed by atoms with van der Waals surface area (Å²) in [4.78, 5) is 12.2. The Kier molecular flexibility index (Phi) is 5.36. The summed E-state index contributed by atoms with van der Waals surface area (Å²) in [5.41, 5.74) is 1.57. The molecule has 11 atom stereocenters. The third-order valence-electron chi connectivity index (χ3n) is 13.4. The Morgan fingerprint density at radius 2 is 1.56 bits per heavy atom. The molecule has 5 aliphatic rings. The lowest BCUT2D eigenvalue weighted by atomic mass is 9.33. The van der Waals surface area contributed by atoms with Crippen molar-refractivity contribution in [3.05, 3.63) is 11.6 Å². The highest BCUT2D eigenvalue weighted by Gasteiger charge is 2.69. The smallest absolute Gasteiger partial charge is 0.306 e. The van der Waals surface area contributed by atoms with E-state index in [1.54, 1.807) is 0 Å². The van der Waals surface area contributed by atoms with E-state index in [-0.39, 0.29) is 45.0 Å². The zero-order valence-electron chi connectivity index (χ0n) is 22.5. The van der Waals surface area contributed by atoms with E-state index in [4.69, 9.17) is 0 Å². The lowest BCUT2D eigenvalue weighted by Crippen LogP contribution is -2.65. The van der Waals surface area contributed by atoms with E-state index in [1.807, 2.05) is 0 Å². The van der Waals surface area contributed by atoms with Gasteiger partial charge in [-0.1, -0.05) is 60.1 Å². The first-order valence-electron chi connectivity index (χ1n) is 13.9. The molecule has 4 fully saturated rings. The highest BCUT2D eigenvalue weighted by molar-refractivity contribution is 5.71. The fraction of sp³-hybridized carbons (Fsp3) is 0.900. The van der Waals surface area contributed by atoms with Gasteiger partial charge < -0.3 is 15.3 Å². The molecule has 4 nitrogen and oxygen atoms in total. The molecular formula is C30H48O4. The van der Waals surface area contributed by atoms with E-state index in [0.29, 0.717) is 18.3 Å². The lowest BCUT2D eigenvalue weighted by Gasteiger charge is -2.71. The monoisotopic (exact) mass is 472 g/mol. The molecule has 5 aliphatic carbocycles. The molecule has 0 aromatic carbocycles. The fourth-order valence-electron chi connectivity index (χ4n) is 11.0. The van der Waals surface area contributed by atoms with Crippen LogP contribution in [0.5, 0.6) is 0 Å². The molecule has 0 spiro atoms. The molecule has 34 heavy (non-hydrogen) atoms. The van der Waals surface area contributed by atoms with Crippen molar-refractivity contribution in [2.45, 2.75) is 112 Å². The van der Waals surface area contributed by atoms with Crippen LogP contribution in [0.1, 0.15) is 99.8 Å². The first kappa shape index (κ1) is 24.8. The summed E-state index contributed by atoms with van der Waals surface area (Å²) in [6.07, 6.45) is 9.55. The van der Waals surface area contributed by atoms with Crippen LogP contribution in [-0.4, -0.2) is 33.5 Å². The number of allylic oxidation sites excluding steroid dienone is 2. The third kappa shape index (κ3) is 2.82. The number of carbonyl (C=O) groups is 1. The highest BCUT2D eigenvalue weighted by Crippen LogP contribution is 2.75. The SMILES string of the molecule is C[C@@H]1[C@H]2C3=CC[C@@H]4[C@@]5(C)CC[C@H](O)C(C)(C)[C@@H]5CC[C@@]4(C)[C@]3(C)CC[C@@]2(C)[C@@H](O)C[C@H]1C(=O)O. The Morgan fingerprint density at radius 3 is 2.21 bits per heavy atom. The van der Waals surface area contributed by atoms with Gasteiger partial charge in [0, 0.05) is 5.41 Å². The van der Waals surface area contributed by atoms with Gasteiger partial charge in [-0.15, -0.1) is 0 Å². The minimum atomic E-state index is -0.752. The standard InChI is InChI=1S/C30H48O4/c1-17-18(25(33)34)16-23(32)28(5)14-15-29(6)19(24(17)28)8-9-21-27(4)12-11-22(31)26(2,3)20(27)10-13-30(21,29)7/h8,17-18,20-24,31-32H,9-16H2,1-7H3,(H,33,34)/t17-,18+,20-,21+,22-,23-,24-,27-,28-,29+,30+/m0/s1. The predicted octanol–water partition coefficient (Wildman–Crippen LogP) is 6.06. The van der Waals surface area contributed by atoms with Crippen LogP contribution < -0.4 is 0 Å². The fourth-order valence-corrected chi connectivity index (χ4v) is 11.0. The number of hydrogen-bond acceptors (Lipinski definition) is 3. The van der Waals surface area contributed by atoms with Crippen molar-refractivity contribution in [3.63, 3.8) is 0 Å². The second kappa shape index (κ2) is 7.34. The quantitative estimate of drug-likeness (QED) is 0.405. The zero-order valence-corrected chi connectivity index (χ0v) is 22.5. The van der Waals surface area contributed by atoms with Crippen LogP contribution in [0.3, 0.4) is 0 Å². The molecule has 0 radical (unpaired) electrons. The number of carboxylic acid groups (broad SMARTS) is 1. The van der Waals surface area contributed by atoms with E-state index in [2.05, 4.69) is 54.5 Å². The lowest BCUT2D eigenvalue weighted by molar-refractivity contribution is -0.209. The number of aliphatic hydroxyl groups is 2.